The van der Waals surface area contributed by atoms with E-state index < -0.39 is 17.7 Å². The maximum atomic E-state index is 13.2. The number of carbonyl (C=O) groups excluding carboxylic acids is 2. The summed E-state index contributed by atoms with van der Waals surface area (Å²) < 4.78 is 16.6. The fourth-order valence-electron chi connectivity index (χ4n) is 3.21. The van der Waals surface area contributed by atoms with E-state index in [2.05, 4.69) is 10.6 Å². The third-order valence-electron chi connectivity index (χ3n) is 4.70. The number of hydrogen-bond acceptors (Lipinski definition) is 5. The van der Waals surface area contributed by atoms with Crippen molar-refractivity contribution < 1.29 is 23.8 Å². The summed E-state index contributed by atoms with van der Waals surface area (Å²) in [7, 11) is 1.58. The van der Waals surface area contributed by atoms with Gasteiger partial charge in [0.25, 0.3) is 0 Å². The zero-order valence-corrected chi connectivity index (χ0v) is 20.6. The second-order valence-corrected chi connectivity index (χ2v) is 9.20. The Morgan fingerprint density at radius 2 is 1.61 bits per heavy atom. The topological polar surface area (TPSA) is 85.9 Å². The lowest BCUT2D eigenvalue weighted by Gasteiger charge is -2.25. The van der Waals surface area contributed by atoms with Crippen molar-refractivity contribution in [2.45, 2.75) is 71.8 Å². The van der Waals surface area contributed by atoms with Crippen molar-refractivity contribution in [3.63, 3.8) is 0 Å². The first-order valence-corrected chi connectivity index (χ1v) is 11.2. The first kappa shape index (κ1) is 26.0. The molecule has 2 amide bonds. The molecule has 180 valence electrons. The van der Waals surface area contributed by atoms with Crippen molar-refractivity contribution in [3.05, 3.63) is 59.7 Å². The van der Waals surface area contributed by atoms with E-state index in [4.69, 9.17) is 14.2 Å². The van der Waals surface area contributed by atoms with Gasteiger partial charge in [0.1, 0.15) is 11.6 Å². The second-order valence-electron chi connectivity index (χ2n) is 9.20. The molecule has 33 heavy (non-hydrogen) atoms. The Kier molecular flexibility index (Phi) is 9.14. The van der Waals surface area contributed by atoms with Gasteiger partial charge in [-0.15, -0.1) is 0 Å². The third kappa shape index (κ3) is 8.67. The fourth-order valence-corrected chi connectivity index (χ4v) is 3.21. The molecule has 0 aliphatic rings. The minimum Gasteiger partial charge on any atom is -0.493 e. The van der Waals surface area contributed by atoms with Gasteiger partial charge in [-0.3, -0.25) is 4.79 Å². The van der Waals surface area contributed by atoms with Crippen LogP contribution in [0.2, 0.25) is 0 Å². The predicted molar refractivity (Wildman–Crippen MR) is 129 cm³/mol. The summed E-state index contributed by atoms with van der Waals surface area (Å²) in [4.78, 5) is 25.5. The molecular weight excluding hydrogens is 420 g/mol. The zero-order valence-electron chi connectivity index (χ0n) is 20.6. The predicted octanol–water partition coefficient (Wildman–Crippen LogP) is 4.80. The van der Waals surface area contributed by atoms with E-state index in [1.165, 1.54) is 0 Å². The number of benzene rings is 2. The number of amides is 2. The molecule has 7 heteroatoms. The molecule has 7 nitrogen and oxygen atoms in total. The molecule has 2 aromatic rings. The zero-order chi connectivity index (χ0) is 24.6. The van der Waals surface area contributed by atoms with Crippen LogP contribution in [0.5, 0.6) is 11.5 Å². The minimum absolute atomic E-state index is 0.0135. The summed E-state index contributed by atoms with van der Waals surface area (Å²) in [5.74, 6) is 0.928. The second kappa shape index (κ2) is 11.6. The highest BCUT2D eigenvalue weighted by molar-refractivity contribution is 5.86. The molecule has 2 atom stereocenters. The monoisotopic (exact) mass is 456 g/mol. The van der Waals surface area contributed by atoms with Crippen LogP contribution in [-0.4, -0.2) is 36.9 Å². The minimum atomic E-state index is -0.796. The standard InChI is InChI=1S/C26H36N2O5/c1-17(2)32-22-14-13-20(16-23(22)31-7)18(3)27-24(29)21(15-19-11-9-8-10-12-19)28-25(30)33-26(4,5)6/h8-14,16-18,21H,15H2,1-7H3,(H,27,29)(H,28,30). The maximum absolute atomic E-state index is 13.2. The van der Waals surface area contributed by atoms with Crippen LogP contribution >= 0.6 is 0 Å². The van der Waals surface area contributed by atoms with Crippen LogP contribution < -0.4 is 20.1 Å². The number of rotatable bonds is 9. The van der Waals surface area contributed by atoms with Gasteiger partial charge in [-0.2, -0.15) is 0 Å². The van der Waals surface area contributed by atoms with Crippen LogP contribution in [0.1, 0.15) is 58.7 Å². The summed E-state index contributed by atoms with van der Waals surface area (Å²) in [5.41, 5.74) is 1.12. The Balaban J connectivity index is 2.17. The lowest BCUT2D eigenvalue weighted by atomic mass is 10.0. The van der Waals surface area contributed by atoms with Gasteiger partial charge >= 0.3 is 6.09 Å². The molecule has 0 fully saturated rings. The van der Waals surface area contributed by atoms with E-state index in [1.807, 2.05) is 69.3 Å². The molecule has 0 aliphatic carbocycles. The smallest absolute Gasteiger partial charge is 0.408 e. The molecular formula is C26H36N2O5. The molecule has 0 spiro atoms. The number of hydrogen-bond donors (Lipinski definition) is 2. The van der Waals surface area contributed by atoms with Crippen molar-refractivity contribution >= 4 is 12.0 Å². The molecule has 2 rings (SSSR count). The van der Waals surface area contributed by atoms with Crippen LogP contribution in [0.3, 0.4) is 0 Å². The Hall–Kier alpha value is -3.22. The van der Waals surface area contributed by atoms with Crippen LogP contribution in [0.25, 0.3) is 0 Å². The van der Waals surface area contributed by atoms with Gasteiger partial charge in [0.15, 0.2) is 11.5 Å². The summed E-state index contributed by atoms with van der Waals surface area (Å²) >= 11 is 0. The molecule has 2 aromatic carbocycles. The molecule has 0 heterocycles. The Bertz CT molecular complexity index is 922. The number of ether oxygens (including phenoxy) is 3. The summed E-state index contributed by atoms with van der Waals surface area (Å²) in [6, 6.07) is 14.0. The normalized spacial score (nSPS) is 13.1. The van der Waals surface area contributed by atoms with Gasteiger partial charge in [0.05, 0.1) is 19.3 Å². The van der Waals surface area contributed by atoms with Gasteiger partial charge in [-0.25, -0.2) is 4.79 Å². The van der Waals surface area contributed by atoms with Gasteiger partial charge in [-0.1, -0.05) is 36.4 Å². The van der Waals surface area contributed by atoms with E-state index in [9.17, 15) is 9.59 Å². The van der Waals surface area contributed by atoms with E-state index >= 15 is 0 Å². The molecule has 0 saturated heterocycles. The van der Waals surface area contributed by atoms with Crippen molar-refractivity contribution in [1.82, 2.24) is 10.6 Å². The molecule has 0 aromatic heterocycles. The quantitative estimate of drug-likeness (QED) is 0.566. The molecule has 0 bridgehead atoms. The highest BCUT2D eigenvalue weighted by atomic mass is 16.6. The number of alkyl carbamates (subject to hydrolysis) is 1. The van der Waals surface area contributed by atoms with Gasteiger partial charge in [0, 0.05) is 6.42 Å². The average molecular weight is 457 g/mol. The van der Waals surface area contributed by atoms with E-state index in [-0.39, 0.29) is 18.1 Å². The summed E-state index contributed by atoms with van der Waals surface area (Å²) in [6.45, 7) is 11.1. The van der Waals surface area contributed by atoms with Gasteiger partial charge in [0.2, 0.25) is 5.91 Å². The average Bonchev–Trinajstić information content (AvgIpc) is 2.72. The lowest BCUT2D eigenvalue weighted by Crippen LogP contribution is -2.49. The van der Waals surface area contributed by atoms with Crippen molar-refractivity contribution in [3.8, 4) is 11.5 Å². The highest BCUT2D eigenvalue weighted by Gasteiger charge is 2.26. The van der Waals surface area contributed by atoms with E-state index in [0.29, 0.717) is 17.9 Å². The molecule has 2 N–H and O–H groups in total. The summed E-state index contributed by atoms with van der Waals surface area (Å²) in [6.07, 6.45) is -0.286. The highest BCUT2D eigenvalue weighted by Crippen LogP contribution is 2.31. The van der Waals surface area contributed by atoms with Crippen LogP contribution in [-0.2, 0) is 16.0 Å². The van der Waals surface area contributed by atoms with Crippen LogP contribution in [0, 0.1) is 0 Å². The lowest BCUT2D eigenvalue weighted by molar-refractivity contribution is -0.123. The summed E-state index contributed by atoms with van der Waals surface area (Å²) in [5, 5.41) is 5.70. The van der Waals surface area contributed by atoms with Crippen molar-refractivity contribution in [2.75, 3.05) is 7.11 Å². The van der Waals surface area contributed by atoms with Crippen molar-refractivity contribution in [2.24, 2.45) is 0 Å². The largest absolute Gasteiger partial charge is 0.493 e. The van der Waals surface area contributed by atoms with E-state index in [1.54, 1.807) is 27.9 Å². The number of carbonyl (C=O) groups is 2. The fraction of sp³-hybridized carbons (Fsp3) is 0.462. The number of nitrogens with one attached hydrogen (secondary N) is 2. The molecule has 0 saturated carbocycles. The Labute approximate surface area is 196 Å². The Morgan fingerprint density at radius 3 is 2.18 bits per heavy atom. The van der Waals surface area contributed by atoms with Crippen molar-refractivity contribution in [1.29, 1.82) is 0 Å². The van der Waals surface area contributed by atoms with Crippen LogP contribution in [0.15, 0.2) is 48.5 Å². The first-order valence-electron chi connectivity index (χ1n) is 11.2. The van der Waals surface area contributed by atoms with Gasteiger partial charge in [-0.05, 0) is 64.8 Å². The Morgan fingerprint density at radius 1 is 0.939 bits per heavy atom. The SMILES string of the molecule is COc1cc(C(C)NC(=O)C(Cc2ccccc2)NC(=O)OC(C)(C)C)ccc1OC(C)C. The first-order chi connectivity index (χ1) is 15.5. The van der Waals surface area contributed by atoms with Gasteiger partial charge < -0.3 is 24.8 Å². The molecule has 0 radical (unpaired) electrons. The molecule has 0 aliphatic heterocycles. The third-order valence-corrected chi connectivity index (χ3v) is 4.70. The van der Waals surface area contributed by atoms with Crippen LogP contribution in [0.4, 0.5) is 4.79 Å². The number of methoxy groups -OCH3 is 1. The maximum Gasteiger partial charge on any atom is 0.408 e. The molecule has 2 unspecified atom stereocenters. The van der Waals surface area contributed by atoms with E-state index in [0.717, 1.165) is 11.1 Å².